The molecular formula is C13H17F3N2O2. The summed E-state index contributed by atoms with van der Waals surface area (Å²) in [5.74, 6) is -0.341. The fourth-order valence-corrected chi connectivity index (χ4v) is 1.53. The molecule has 7 heteroatoms. The van der Waals surface area contributed by atoms with Crippen molar-refractivity contribution in [3.8, 4) is 0 Å². The Labute approximate surface area is 115 Å². The third-order valence-electron chi connectivity index (χ3n) is 2.79. The number of aromatic nitrogens is 1. The van der Waals surface area contributed by atoms with Crippen LogP contribution in [0.3, 0.4) is 0 Å². The average molecular weight is 290 g/mol. The summed E-state index contributed by atoms with van der Waals surface area (Å²) in [6.07, 6.45) is -2.36. The third kappa shape index (κ3) is 5.16. The topological polar surface area (TPSA) is 62.2 Å². The van der Waals surface area contributed by atoms with Gasteiger partial charge in [0.05, 0.1) is 5.56 Å². The summed E-state index contributed by atoms with van der Waals surface area (Å²) in [5.41, 5.74) is -0.931. The average Bonchev–Trinajstić information content (AvgIpc) is 2.42. The van der Waals surface area contributed by atoms with Crippen LogP contribution in [-0.4, -0.2) is 29.1 Å². The molecule has 1 aromatic rings. The van der Waals surface area contributed by atoms with Crippen molar-refractivity contribution < 1.29 is 23.1 Å². The second-order valence-corrected chi connectivity index (χ2v) is 4.62. The Bertz CT molecular complexity index is 432. The maximum Gasteiger partial charge on any atom is 0.417 e. The Morgan fingerprint density at radius 1 is 1.45 bits per heavy atom. The number of pyridine rings is 1. The van der Waals surface area contributed by atoms with Crippen LogP contribution in [0.5, 0.6) is 0 Å². The van der Waals surface area contributed by atoms with Gasteiger partial charge in [-0.3, -0.25) is 9.78 Å². The molecule has 0 aromatic carbocycles. The van der Waals surface area contributed by atoms with Gasteiger partial charge in [-0.25, -0.2) is 0 Å². The Hall–Kier alpha value is -1.63. The maximum atomic E-state index is 12.3. The summed E-state index contributed by atoms with van der Waals surface area (Å²) in [4.78, 5) is 15.1. The summed E-state index contributed by atoms with van der Waals surface area (Å²) < 4.78 is 37.0. The van der Waals surface area contributed by atoms with Gasteiger partial charge in [-0.1, -0.05) is 6.92 Å². The molecule has 0 radical (unpaired) electrons. The molecule has 0 aliphatic heterocycles. The molecule has 1 rings (SSSR count). The number of amides is 1. The Morgan fingerprint density at radius 3 is 2.65 bits per heavy atom. The number of aliphatic hydroxyl groups is 1. The van der Waals surface area contributed by atoms with Gasteiger partial charge in [0, 0.05) is 19.3 Å². The number of alkyl halides is 3. The van der Waals surface area contributed by atoms with E-state index in [2.05, 4.69) is 10.3 Å². The predicted molar refractivity (Wildman–Crippen MR) is 67.1 cm³/mol. The number of carbonyl (C=O) groups is 1. The fourth-order valence-electron chi connectivity index (χ4n) is 1.53. The Kier molecular flexibility index (Phi) is 5.94. The number of rotatable bonds is 6. The van der Waals surface area contributed by atoms with Crippen LogP contribution in [0.1, 0.15) is 35.8 Å². The lowest BCUT2D eigenvalue weighted by Crippen LogP contribution is -2.26. The molecule has 20 heavy (non-hydrogen) atoms. The van der Waals surface area contributed by atoms with Crippen molar-refractivity contribution >= 4 is 5.91 Å². The van der Waals surface area contributed by atoms with Crippen molar-refractivity contribution in [3.05, 3.63) is 29.6 Å². The molecular weight excluding hydrogens is 273 g/mol. The Morgan fingerprint density at radius 2 is 2.15 bits per heavy atom. The van der Waals surface area contributed by atoms with Crippen LogP contribution in [0, 0.1) is 5.92 Å². The van der Waals surface area contributed by atoms with Gasteiger partial charge in [-0.15, -0.1) is 0 Å². The number of hydrogen-bond acceptors (Lipinski definition) is 3. The first-order valence-electron chi connectivity index (χ1n) is 6.27. The summed E-state index contributed by atoms with van der Waals surface area (Å²) in [7, 11) is 0. The smallest absolute Gasteiger partial charge is 0.396 e. The van der Waals surface area contributed by atoms with Gasteiger partial charge < -0.3 is 10.4 Å². The number of nitrogens with zero attached hydrogens (tertiary/aromatic N) is 1. The molecule has 1 aromatic heterocycles. The SMILES string of the molecule is CC(CO)CCCNC(=O)c1ccc(C(F)(F)F)cn1. The molecule has 0 saturated carbocycles. The molecule has 112 valence electrons. The highest BCUT2D eigenvalue weighted by atomic mass is 19.4. The lowest BCUT2D eigenvalue weighted by Gasteiger charge is -2.09. The summed E-state index contributed by atoms with van der Waals surface area (Å²) in [6.45, 7) is 2.37. The molecule has 0 fully saturated rings. The predicted octanol–water partition coefficient (Wildman–Crippen LogP) is 2.24. The van der Waals surface area contributed by atoms with E-state index in [0.29, 0.717) is 19.2 Å². The van der Waals surface area contributed by atoms with E-state index >= 15 is 0 Å². The highest BCUT2D eigenvalue weighted by molar-refractivity contribution is 5.92. The molecule has 0 aliphatic carbocycles. The molecule has 1 heterocycles. The lowest BCUT2D eigenvalue weighted by molar-refractivity contribution is -0.137. The number of hydrogen-bond donors (Lipinski definition) is 2. The van der Waals surface area contributed by atoms with E-state index in [1.807, 2.05) is 6.92 Å². The number of halogens is 3. The van der Waals surface area contributed by atoms with E-state index in [4.69, 9.17) is 5.11 Å². The normalized spacial score (nSPS) is 13.1. The van der Waals surface area contributed by atoms with Gasteiger partial charge in [0.25, 0.3) is 5.91 Å². The molecule has 0 bridgehead atoms. The van der Waals surface area contributed by atoms with Crippen molar-refractivity contribution in [1.82, 2.24) is 10.3 Å². The molecule has 2 N–H and O–H groups in total. The molecule has 4 nitrogen and oxygen atoms in total. The fraction of sp³-hybridized carbons (Fsp3) is 0.538. The van der Waals surface area contributed by atoms with Crippen molar-refractivity contribution in [2.24, 2.45) is 5.92 Å². The van der Waals surface area contributed by atoms with Gasteiger partial charge in [0.2, 0.25) is 0 Å². The number of nitrogens with one attached hydrogen (secondary N) is 1. The van der Waals surface area contributed by atoms with Gasteiger partial charge in [0.15, 0.2) is 0 Å². The minimum Gasteiger partial charge on any atom is -0.396 e. The second kappa shape index (κ2) is 7.23. The van der Waals surface area contributed by atoms with Crippen LogP contribution < -0.4 is 5.32 Å². The zero-order valence-electron chi connectivity index (χ0n) is 11.1. The minimum atomic E-state index is -4.46. The van der Waals surface area contributed by atoms with Crippen molar-refractivity contribution in [1.29, 1.82) is 0 Å². The number of carbonyl (C=O) groups excluding carboxylic acids is 1. The third-order valence-corrected chi connectivity index (χ3v) is 2.79. The van der Waals surface area contributed by atoms with Gasteiger partial charge in [-0.2, -0.15) is 13.2 Å². The standard InChI is InChI=1S/C13H17F3N2O2/c1-9(8-19)3-2-6-17-12(20)11-5-4-10(7-18-11)13(14,15)16/h4-5,7,9,19H,2-3,6,8H2,1H3,(H,17,20). The van der Waals surface area contributed by atoms with Crippen molar-refractivity contribution in [3.63, 3.8) is 0 Å². The van der Waals surface area contributed by atoms with Crippen LogP contribution in [0.2, 0.25) is 0 Å². The van der Waals surface area contributed by atoms with E-state index < -0.39 is 17.6 Å². The molecule has 1 atom stereocenters. The van der Waals surface area contributed by atoms with Crippen LogP contribution >= 0.6 is 0 Å². The highest BCUT2D eigenvalue weighted by Crippen LogP contribution is 2.28. The van der Waals surface area contributed by atoms with Crippen LogP contribution in [0.25, 0.3) is 0 Å². The summed E-state index contributed by atoms with van der Waals surface area (Å²) in [5, 5.41) is 11.4. The first-order valence-corrected chi connectivity index (χ1v) is 6.27. The largest absolute Gasteiger partial charge is 0.417 e. The van der Waals surface area contributed by atoms with E-state index in [-0.39, 0.29) is 18.2 Å². The van der Waals surface area contributed by atoms with Gasteiger partial charge in [-0.05, 0) is 30.9 Å². The molecule has 1 unspecified atom stereocenters. The zero-order valence-corrected chi connectivity index (χ0v) is 11.1. The van der Waals surface area contributed by atoms with Gasteiger partial charge in [0.1, 0.15) is 5.69 Å². The van der Waals surface area contributed by atoms with Crippen LogP contribution in [-0.2, 0) is 6.18 Å². The Balaban J connectivity index is 2.44. The zero-order chi connectivity index (χ0) is 15.2. The first kappa shape index (κ1) is 16.4. The van der Waals surface area contributed by atoms with E-state index in [1.165, 1.54) is 0 Å². The quantitative estimate of drug-likeness (QED) is 0.790. The van der Waals surface area contributed by atoms with E-state index in [9.17, 15) is 18.0 Å². The second-order valence-electron chi connectivity index (χ2n) is 4.62. The van der Waals surface area contributed by atoms with Crippen LogP contribution in [0.4, 0.5) is 13.2 Å². The molecule has 1 amide bonds. The molecule has 0 spiro atoms. The van der Waals surface area contributed by atoms with Crippen molar-refractivity contribution in [2.75, 3.05) is 13.2 Å². The molecule has 0 saturated heterocycles. The monoisotopic (exact) mass is 290 g/mol. The first-order chi connectivity index (χ1) is 9.34. The van der Waals surface area contributed by atoms with E-state index in [0.717, 1.165) is 18.6 Å². The minimum absolute atomic E-state index is 0.0480. The molecule has 0 aliphatic rings. The number of aliphatic hydroxyl groups excluding tert-OH is 1. The van der Waals surface area contributed by atoms with Gasteiger partial charge >= 0.3 is 6.18 Å². The van der Waals surface area contributed by atoms with E-state index in [1.54, 1.807) is 0 Å². The summed E-state index contributed by atoms with van der Waals surface area (Å²) in [6, 6.07) is 1.88. The van der Waals surface area contributed by atoms with Crippen LogP contribution in [0.15, 0.2) is 18.3 Å². The highest BCUT2D eigenvalue weighted by Gasteiger charge is 2.30. The van der Waals surface area contributed by atoms with Crippen molar-refractivity contribution in [2.45, 2.75) is 25.9 Å². The summed E-state index contributed by atoms with van der Waals surface area (Å²) >= 11 is 0. The maximum absolute atomic E-state index is 12.3. The lowest BCUT2D eigenvalue weighted by atomic mass is 10.1.